The van der Waals surface area contributed by atoms with Gasteiger partial charge < -0.3 is 13.7 Å². The van der Waals surface area contributed by atoms with Crippen LogP contribution in [0.1, 0.15) is 12.0 Å². The Kier molecular flexibility index (Phi) is 5.66. The van der Waals surface area contributed by atoms with Crippen LogP contribution in [0, 0.1) is 0 Å². The van der Waals surface area contributed by atoms with Gasteiger partial charge in [-0.25, -0.2) is 0 Å². The number of halogens is 3. The molecule has 0 aliphatic carbocycles. The van der Waals surface area contributed by atoms with E-state index < -0.39 is 21.7 Å². The van der Waals surface area contributed by atoms with Gasteiger partial charge in [0.25, 0.3) is 0 Å². The van der Waals surface area contributed by atoms with Crippen molar-refractivity contribution in [2.75, 3.05) is 13.2 Å². The van der Waals surface area contributed by atoms with Gasteiger partial charge in [0.05, 0.1) is 25.9 Å². The monoisotopic (exact) mass is 352 g/mol. The summed E-state index contributed by atoms with van der Waals surface area (Å²) >= 11 is 0. The van der Waals surface area contributed by atoms with Crippen LogP contribution >= 0.6 is 0 Å². The lowest BCUT2D eigenvalue weighted by atomic mass is 10.2. The number of alkyl halides is 3. The molecule has 2 rings (SSSR count). The van der Waals surface area contributed by atoms with Crippen LogP contribution < -0.4 is 0 Å². The van der Waals surface area contributed by atoms with Gasteiger partial charge in [-0.15, -0.1) is 0 Å². The lowest BCUT2D eigenvalue weighted by molar-refractivity contribution is -0.0547. The quantitative estimate of drug-likeness (QED) is 0.582. The number of hydrogen-bond acceptors (Lipinski definition) is 5. The minimum Gasteiger partial charge on any atom is -0.381 e. The lowest BCUT2D eigenvalue weighted by Crippen LogP contribution is -2.29. The predicted octanol–water partition coefficient (Wildman–Crippen LogP) is 2.74. The summed E-state index contributed by atoms with van der Waals surface area (Å²) in [6, 6.07) is 9.31. The van der Waals surface area contributed by atoms with Crippen LogP contribution in [0.25, 0.3) is 0 Å². The molecule has 1 aromatic carbocycles. The second-order valence-electron chi connectivity index (χ2n) is 4.81. The first-order chi connectivity index (χ1) is 10.8. The van der Waals surface area contributed by atoms with Gasteiger partial charge in [0.2, 0.25) is 0 Å². The summed E-state index contributed by atoms with van der Waals surface area (Å²) in [6.07, 6.45) is 0.489. The molecule has 5 nitrogen and oxygen atoms in total. The average molecular weight is 352 g/mol. The van der Waals surface area contributed by atoms with Gasteiger partial charge in [-0.05, 0) is 11.6 Å². The number of benzene rings is 1. The normalized spacial score (nSPS) is 19.3. The molecule has 0 N–H and O–H groups in total. The Morgan fingerprint density at radius 2 is 1.91 bits per heavy atom. The summed E-state index contributed by atoms with van der Waals surface area (Å²) in [5, 5.41) is 0. The van der Waals surface area contributed by atoms with Crippen LogP contribution in [0.15, 0.2) is 42.2 Å². The van der Waals surface area contributed by atoms with E-state index in [2.05, 4.69) is 4.18 Å². The van der Waals surface area contributed by atoms with Gasteiger partial charge in [0, 0.05) is 6.42 Å². The lowest BCUT2D eigenvalue weighted by Gasteiger charge is -2.23. The third-order valence-corrected chi connectivity index (χ3v) is 3.99. The summed E-state index contributed by atoms with van der Waals surface area (Å²) in [5.74, 6) is -0.290. The van der Waals surface area contributed by atoms with Gasteiger partial charge in [-0.1, -0.05) is 30.3 Å². The third kappa shape index (κ3) is 5.22. The molecule has 0 bridgehead atoms. The Bertz CT molecular complexity index is 640. The Balaban J connectivity index is 1.83. The zero-order chi connectivity index (χ0) is 16.9. The Morgan fingerprint density at radius 3 is 2.57 bits per heavy atom. The highest BCUT2D eigenvalue weighted by Crippen LogP contribution is 2.29. The van der Waals surface area contributed by atoms with E-state index in [0.717, 1.165) is 11.6 Å². The third-order valence-electron chi connectivity index (χ3n) is 2.99. The smallest absolute Gasteiger partial charge is 0.381 e. The highest BCUT2D eigenvalue weighted by Gasteiger charge is 2.49. The van der Waals surface area contributed by atoms with Crippen LogP contribution in [-0.4, -0.2) is 33.2 Å². The summed E-state index contributed by atoms with van der Waals surface area (Å²) in [6.45, 7) is 0.394. The topological polar surface area (TPSA) is 61.8 Å². The van der Waals surface area contributed by atoms with Crippen molar-refractivity contribution < 1.29 is 35.2 Å². The Morgan fingerprint density at radius 1 is 1.22 bits per heavy atom. The Labute approximate surface area is 131 Å². The fourth-order valence-corrected chi connectivity index (χ4v) is 2.40. The van der Waals surface area contributed by atoms with E-state index in [0.29, 0.717) is 6.61 Å². The molecule has 0 saturated carbocycles. The van der Waals surface area contributed by atoms with E-state index in [1.165, 1.54) is 0 Å². The molecule has 0 amide bonds. The van der Waals surface area contributed by atoms with Gasteiger partial charge in [0.15, 0.2) is 0 Å². The number of ether oxygens (including phenoxy) is 2. The minimum atomic E-state index is -5.65. The van der Waals surface area contributed by atoms with Gasteiger partial charge >= 0.3 is 15.6 Å². The zero-order valence-electron chi connectivity index (χ0n) is 12.0. The molecule has 0 saturated heterocycles. The maximum absolute atomic E-state index is 12.3. The van der Waals surface area contributed by atoms with Crippen molar-refractivity contribution >= 4 is 10.1 Å². The molecule has 0 radical (unpaired) electrons. The summed E-state index contributed by atoms with van der Waals surface area (Å²) in [4.78, 5) is 0. The maximum Gasteiger partial charge on any atom is 0.534 e. The highest BCUT2D eigenvalue weighted by molar-refractivity contribution is 7.87. The first-order valence-corrected chi connectivity index (χ1v) is 8.12. The largest absolute Gasteiger partial charge is 0.534 e. The van der Waals surface area contributed by atoms with Gasteiger partial charge in [0.1, 0.15) is 5.76 Å². The minimum absolute atomic E-state index is 0.0396. The van der Waals surface area contributed by atoms with Crippen LogP contribution in [0.5, 0.6) is 0 Å². The molecule has 0 fully saturated rings. The molecule has 0 spiro atoms. The second kappa shape index (κ2) is 7.33. The summed E-state index contributed by atoms with van der Waals surface area (Å²) in [7, 11) is -5.65. The van der Waals surface area contributed by atoms with Gasteiger partial charge in [-0.3, -0.25) is 0 Å². The van der Waals surface area contributed by atoms with E-state index in [9.17, 15) is 21.6 Å². The maximum atomic E-state index is 12.3. The molecule has 9 heteroatoms. The first kappa shape index (κ1) is 17.8. The van der Waals surface area contributed by atoms with E-state index >= 15 is 0 Å². The van der Waals surface area contributed by atoms with E-state index in [4.69, 9.17) is 9.47 Å². The molecule has 1 aliphatic rings. The molecular formula is C14H15F3O5S. The second-order valence-corrected chi connectivity index (χ2v) is 6.35. The molecular weight excluding hydrogens is 337 g/mol. The van der Waals surface area contributed by atoms with Crippen molar-refractivity contribution in [2.45, 2.75) is 24.6 Å². The zero-order valence-corrected chi connectivity index (χ0v) is 12.8. The first-order valence-electron chi connectivity index (χ1n) is 6.71. The van der Waals surface area contributed by atoms with Crippen LogP contribution in [0.2, 0.25) is 0 Å². The van der Waals surface area contributed by atoms with Gasteiger partial charge in [-0.2, -0.15) is 21.6 Å². The number of rotatable bonds is 6. The van der Waals surface area contributed by atoms with Crippen molar-refractivity contribution in [3.63, 3.8) is 0 Å². The Hall–Kier alpha value is -1.58. The average Bonchev–Trinajstić information content (AvgIpc) is 2.47. The number of hydrogen-bond donors (Lipinski definition) is 0. The van der Waals surface area contributed by atoms with E-state index in [-0.39, 0.29) is 25.4 Å². The van der Waals surface area contributed by atoms with Crippen molar-refractivity contribution in [1.82, 2.24) is 0 Å². The van der Waals surface area contributed by atoms with Crippen molar-refractivity contribution in [2.24, 2.45) is 0 Å². The van der Waals surface area contributed by atoms with Crippen molar-refractivity contribution in [3.05, 3.63) is 47.7 Å². The molecule has 0 aromatic heterocycles. The molecule has 128 valence electrons. The highest BCUT2D eigenvalue weighted by atomic mass is 32.2. The van der Waals surface area contributed by atoms with Crippen molar-refractivity contribution in [3.8, 4) is 0 Å². The molecule has 1 unspecified atom stereocenters. The van der Waals surface area contributed by atoms with Crippen LogP contribution in [-0.2, 0) is 30.4 Å². The predicted molar refractivity (Wildman–Crippen MR) is 74.6 cm³/mol. The molecule has 1 atom stereocenters. The van der Waals surface area contributed by atoms with Crippen LogP contribution in [0.4, 0.5) is 13.2 Å². The SMILES string of the molecule is O=S(=O)(OC1=CCOC(COCc2ccccc2)C1)C(F)(F)F. The molecule has 1 aliphatic heterocycles. The standard InChI is InChI=1S/C14H15F3O5S/c15-14(16,17)23(18,19)22-12-6-7-21-13(8-12)10-20-9-11-4-2-1-3-5-11/h1-6,13H,7-10H2. The molecule has 1 aromatic rings. The van der Waals surface area contributed by atoms with E-state index in [1.54, 1.807) is 0 Å². The van der Waals surface area contributed by atoms with Crippen LogP contribution in [0.3, 0.4) is 0 Å². The summed E-state index contributed by atoms with van der Waals surface area (Å²) < 4.78 is 73.6. The molecule has 1 heterocycles. The molecule has 23 heavy (non-hydrogen) atoms. The van der Waals surface area contributed by atoms with E-state index in [1.807, 2.05) is 30.3 Å². The fourth-order valence-electron chi connectivity index (χ4n) is 1.89. The fraction of sp³-hybridized carbons (Fsp3) is 0.429. The van der Waals surface area contributed by atoms with Crippen molar-refractivity contribution in [1.29, 1.82) is 0 Å². The summed E-state index contributed by atoms with van der Waals surface area (Å²) in [5.41, 5.74) is -4.51.